The Morgan fingerprint density at radius 1 is 1.17 bits per heavy atom. The molecule has 0 radical (unpaired) electrons. The molecule has 0 aromatic carbocycles. The van der Waals surface area contributed by atoms with Gasteiger partial charge in [-0.3, -0.25) is 9.59 Å². The summed E-state index contributed by atoms with van der Waals surface area (Å²) in [5.74, 6) is 2.22. The Bertz CT molecular complexity index is 421. The Balaban J connectivity index is 1.91. The van der Waals surface area contributed by atoms with E-state index in [4.69, 9.17) is 4.74 Å². The van der Waals surface area contributed by atoms with Crippen molar-refractivity contribution in [3.05, 3.63) is 11.3 Å². The van der Waals surface area contributed by atoms with E-state index in [0.29, 0.717) is 12.4 Å². The summed E-state index contributed by atoms with van der Waals surface area (Å²) >= 11 is 3.00. The van der Waals surface area contributed by atoms with Crippen LogP contribution in [-0.4, -0.2) is 41.6 Å². The van der Waals surface area contributed by atoms with E-state index in [-0.39, 0.29) is 16.3 Å². The first kappa shape index (κ1) is 20.4. The van der Waals surface area contributed by atoms with Gasteiger partial charge in [-0.2, -0.15) is 11.8 Å². The molecule has 23 heavy (non-hydrogen) atoms. The molecule has 1 unspecified atom stereocenters. The number of unbranched alkanes of at least 4 members (excludes halogenated alkanes) is 5. The van der Waals surface area contributed by atoms with E-state index < -0.39 is 0 Å². The number of rotatable bonds is 12. The van der Waals surface area contributed by atoms with Crippen molar-refractivity contribution in [1.82, 2.24) is 0 Å². The second-order valence-electron chi connectivity index (χ2n) is 5.64. The Morgan fingerprint density at radius 2 is 1.83 bits per heavy atom. The van der Waals surface area contributed by atoms with Gasteiger partial charge in [0.2, 0.25) is 5.12 Å². The van der Waals surface area contributed by atoms with Gasteiger partial charge in [0, 0.05) is 5.57 Å². The molecule has 0 aromatic rings. The van der Waals surface area contributed by atoms with E-state index in [1.54, 1.807) is 11.8 Å². The van der Waals surface area contributed by atoms with Crippen LogP contribution in [0.3, 0.4) is 0 Å². The number of ether oxygens (including phenoxy) is 2. The van der Waals surface area contributed by atoms with Gasteiger partial charge in [-0.15, -0.1) is 0 Å². The summed E-state index contributed by atoms with van der Waals surface area (Å²) in [6.45, 7) is 4.58. The molecule has 4 nitrogen and oxygen atoms in total. The first-order valence-corrected chi connectivity index (χ1v) is 10.3. The summed E-state index contributed by atoms with van der Waals surface area (Å²) in [4.78, 5) is 22.5. The van der Waals surface area contributed by atoms with Crippen molar-refractivity contribution < 1.29 is 19.1 Å². The van der Waals surface area contributed by atoms with Gasteiger partial charge in [-0.25, -0.2) is 0 Å². The topological polar surface area (TPSA) is 52.6 Å². The van der Waals surface area contributed by atoms with E-state index in [1.165, 1.54) is 38.1 Å². The van der Waals surface area contributed by atoms with Crippen molar-refractivity contribution in [1.29, 1.82) is 0 Å². The highest BCUT2D eigenvalue weighted by atomic mass is 32.2. The monoisotopic (exact) mass is 360 g/mol. The molecule has 0 bridgehead atoms. The zero-order chi connectivity index (χ0) is 17.1. The fraction of sp³-hybridized carbons (Fsp3) is 0.765. The first-order chi connectivity index (χ1) is 11.1. The molecule has 1 rings (SSSR count). The predicted molar refractivity (Wildman–Crippen MR) is 97.8 cm³/mol. The minimum absolute atomic E-state index is 0.142. The van der Waals surface area contributed by atoms with Crippen molar-refractivity contribution in [3.63, 3.8) is 0 Å². The fourth-order valence-electron chi connectivity index (χ4n) is 2.34. The molecule has 1 aliphatic heterocycles. The Kier molecular flexibility index (Phi) is 10.5. The highest BCUT2D eigenvalue weighted by Crippen LogP contribution is 2.34. The second-order valence-corrected chi connectivity index (χ2v) is 8.05. The largest absolute Gasteiger partial charge is 0.496 e. The summed E-state index contributed by atoms with van der Waals surface area (Å²) in [5, 5.41) is 0.322. The summed E-state index contributed by atoms with van der Waals surface area (Å²) in [5.41, 5.74) is 0.784. The standard InChI is InChI=1S/C17H28O4S2/c1-13-16(14(2)23-17(13)19)21-10-8-6-4-5-7-9-11-22-12-15(18)20-3/h14H,4-12H2,1-3H3. The third kappa shape index (κ3) is 8.15. The first-order valence-electron chi connectivity index (χ1n) is 8.25. The molecule has 0 aromatic heterocycles. The zero-order valence-corrected chi connectivity index (χ0v) is 16.0. The smallest absolute Gasteiger partial charge is 0.315 e. The van der Waals surface area contributed by atoms with Crippen molar-refractivity contribution in [2.75, 3.05) is 25.2 Å². The van der Waals surface area contributed by atoms with Crippen LogP contribution in [0.15, 0.2) is 11.3 Å². The fourth-order valence-corrected chi connectivity index (χ4v) is 4.13. The van der Waals surface area contributed by atoms with Gasteiger partial charge >= 0.3 is 5.97 Å². The zero-order valence-electron chi connectivity index (χ0n) is 14.4. The summed E-state index contributed by atoms with van der Waals surface area (Å²) < 4.78 is 10.4. The summed E-state index contributed by atoms with van der Waals surface area (Å²) in [6, 6.07) is 0. The molecule has 1 aliphatic rings. The van der Waals surface area contributed by atoms with Crippen LogP contribution in [0.25, 0.3) is 0 Å². The van der Waals surface area contributed by atoms with Crippen LogP contribution >= 0.6 is 23.5 Å². The lowest BCUT2D eigenvalue weighted by molar-refractivity contribution is -0.137. The van der Waals surface area contributed by atoms with E-state index in [0.717, 1.165) is 36.3 Å². The summed E-state index contributed by atoms with van der Waals surface area (Å²) in [6.07, 6.45) is 7.01. The van der Waals surface area contributed by atoms with Gasteiger partial charge < -0.3 is 9.47 Å². The van der Waals surface area contributed by atoms with Crippen LogP contribution in [0.2, 0.25) is 0 Å². The van der Waals surface area contributed by atoms with Crippen LogP contribution < -0.4 is 0 Å². The van der Waals surface area contributed by atoms with Crippen molar-refractivity contribution in [2.45, 2.75) is 57.6 Å². The molecule has 0 spiro atoms. The van der Waals surface area contributed by atoms with Crippen LogP contribution in [0.4, 0.5) is 0 Å². The number of carbonyl (C=O) groups excluding carboxylic acids is 2. The SMILES string of the molecule is COC(=O)CSCCCCCCCCOC1=C(C)C(=O)SC1C. The van der Waals surface area contributed by atoms with E-state index in [2.05, 4.69) is 4.74 Å². The molecule has 6 heteroatoms. The van der Waals surface area contributed by atoms with Crippen molar-refractivity contribution in [2.24, 2.45) is 0 Å². The van der Waals surface area contributed by atoms with Crippen LogP contribution in [0.5, 0.6) is 0 Å². The Morgan fingerprint density at radius 3 is 2.43 bits per heavy atom. The van der Waals surface area contributed by atoms with E-state index in [1.807, 2.05) is 13.8 Å². The minimum atomic E-state index is -0.142. The molecular weight excluding hydrogens is 332 g/mol. The number of methoxy groups -OCH3 is 1. The molecule has 0 amide bonds. The lowest BCUT2D eigenvalue weighted by Gasteiger charge is -2.11. The van der Waals surface area contributed by atoms with Crippen molar-refractivity contribution in [3.8, 4) is 0 Å². The molecule has 0 saturated carbocycles. The summed E-state index contributed by atoms with van der Waals surface area (Å²) in [7, 11) is 1.43. The number of thioether (sulfide) groups is 2. The molecule has 0 aliphatic carbocycles. The van der Waals surface area contributed by atoms with Gasteiger partial charge in [0.05, 0.1) is 24.7 Å². The third-order valence-corrected chi connectivity index (χ3v) is 5.82. The maximum absolute atomic E-state index is 11.5. The molecule has 0 N–H and O–H groups in total. The maximum Gasteiger partial charge on any atom is 0.315 e. The van der Waals surface area contributed by atoms with Crippen molar-refractivity contribution >= 4 is 34.6 Å². The second kappa shape index (κ2) is 11.8. The number of hydrogen-bond donors (Lipinski definition) is 0. The Hall–Kier alpha value is -0.620. The highest BCUT2D eigenvalue weighted by molar-refractivity contribution is 8.15. The van der Waals surface area contributed by atoms with Gasteiger partial charge in [-0.05, 0) is 32.4 Å². The van der Waals surface area contributed by atoms with E-state index in [9.17, 15) is 9.59 Å². The van der Waals surface area contributed by atoms with E-state index >= 15 is 0 Å². The lowest BCUT2D eigenvalue weighted by atomic mass is 10.1. The lowest BCUT2D eigenvalue weighted by Crippen LogP contribution is -2.04. The average molecular weight is 361 g/mol. The van der Waals surface area contributed by atoms with Gasteiger partial charge in [0.15, 0.2) is 0 Å². The molecule has 132 valence electrons. The number of carbonyl (C=O) groups is 2. The van der Waals surface area contributed by atoms with Crippen LogP contribution in [0.1, 0.15) is 52.4 Å². The van der Waals surface area contributed by atoms with Crippen LogP contribution in [-0.2, 0) is 19.1 Å². The normalized spacial score (nSPS) is 17.7. The minimum Gasteiger partial charge on any atom is -0.496 e. The quantitative estimate of drug-likeness (QED) is 0.384. The third-order valence-electron chi connectivity index (χ3n) is 3.72. The van der Waals surface area contributed by atoms with Gasteiger partial charge in [0.25, 0.3) is 0 Å². The Labute approximate surface area is 148 Å². The average Bonchev–Trinajstić information content (AvgIpc) is 2.78. The molecule has 1 atom stereocenters. The highest BCUT2D eigenvalue weighted by Gasteiger charge is 2.28. The molecule has 1 heterocycles. The number of hydrogen-bond acceptors (Lipinski definition) is 6. The molecular formula is C17H28O4S2. The van der Waals surface area contributed by atoms with Crippen LogP contribution in [0, 0.1) is 0 Å². The number of esters is 1. The predicted octanol–water partition coefficient (Wildman–Crippen LogP) is 4.19. The molecule has 0 saturated heterocycles. The maximum atomic E-state index is 11.5. The van der Waals surface area contributed by atoms with Gasteiger partial charge in [0.1, 0.15) is 5.76 Å². The van der Waals surface area contributed by atoms with Gasteiger partial charge in [-0.1, -0.05) is 37.4 Å². The molecule has 0 fully saturated rings.